The molecule has 0 radical (unpaired) electrons. The number of esters is 1. The van der Waals surface area contributed by atoms with Gasteiger partial charge < -0.3 is 15.2 Å². The molecule has 31 heavy (non-hydrogen) atoms. The second kappa shape index (κ2) is 11.1. The highest BCUT2D eigenvalue weighted by molar-refractivity contribution is 7.89. The van der Waals surface area contributed by atoms with Crippen LogP contribution in [0.5, 0.6) is 0 Å². The summed E-state index contributed by atoms with van der Waals surface area (Å²) >= 11 is 11.6. The molecule has 2 rings (SSSR count). The van der Waals surface area contributed by atoms with E-state index in [9.17, 15) is 27.9 Å². The first-order valence-corrected chi connectivity index (χ1v) is 11.7. The number of nitrogens with one attached hydrogen (secondary N) is 3. The van der Waals surface area contributed by atoms with E-state index in [2.05, 4.69) is 5.32 Å². The van der Waals surface area contributed by atoms with E-state index >= 15 is 0 Å². The number of benzene rings is 1. The highest BCUT2D eigenvalue weighted by Crippen LogP contribution is 2.25. The fraction of sp³-hybridized carbons (Fsp3) is 0.500. The van der Waals surface area contributed by atoms with E-state index in [0.29, 0.717) is 0 Å². The maximum atomic E-state index is 12.5. The SMILES string of the molecule is CC(O)C(NS(=O)(=O)c1ccc(Cl)c(Cl)c1)C(=O)OCC(=O)NC(=O)NC1CCCC1. The Balaban J connectivity index is 1.92. The van der Waals surface area contributed by atoms with Crippen LogP contribution in [0.4, 0.5) is 4.79 Å². The maximum Gasteiger partial charge on any atom is 0.327 e. The molecule has 3 amide bonds. The fourth-order valence-corrected chi connectivity index (χ4v) is 4.55. The molecule has 13 heteroatoms. The largest absolute Gasteiger partial charge is 0.454 e. The minimum absolute atomic E-state index is 0.00857. The predicted molar refractivity (Wildman–Crippen MR) is 112 cm³/mol. The van der Waals surface area contributed by atoms with Crippen LogP contribution < -0.4 is 15.4 Å². The molecule has 1 aliphatic carbocycles. The summed E-state index contributed by atoms with van der Waals surface area (Å²) in [7, 11) is -4.28. The van der Waals surface area contributed by atoms with Crippen LogP contribution in [0, 0.1) is 0 Å². The summed E-state index contributed by atoms with van der Waals surface area (Å²) in [5.74, 6) is -2.11. The molecule has 10 nitrogen and oxygen atoms in total. The molecular formula is C18H23Cl2N3O7S. The molecule has 0 aromatic heterocycles. The number of halogens is 2. The van der Waals surface area contributed by atoms with Crippen LogP contribution in [0.1, 0.15) is 32.6 Å². The minimum Gasteiger partial charge on any atom is -0.454 e. The van der Waals surface area contributed by atoms with E-state index in [1.54, 1.807) is 0 Å². The van der Waals surface area contributed by atoms with Gasteiger partial charge in [-0.05, 0) is 38.0 Å². The molecule has 1 fully saturated rings. The molecular weight excluding hydrogens is 473 g/mol. The zero-order valence-corrected chi connectivity index (χ0v) is 18.9. The zero-order valence-electron chi connectivity index (χ0n) is 16.6. The normalized spacial score (nSPS) is 16.4. The average Bonchev–Trinajstić information content (AvgIpc) is 3.18. The molecule has 1 aromatic rings. The van der Waals surface area contributed by atoms with Crippen molar-refractivity contribution < 1.29 is 32.6 Å². The van der Waals surface area contributed by atoms with Gasteiger partial charge >= 0.3 is 12.0 Å². The van der Waals surface area contributed by atoms with Gasteiger partial charge in [0.2, 0.25) is 10.0 Å². The minimum atomic E-state index is -4.28. The number of amides is 3. The third-order valence-electron chi connectivity index (χ3n) is 4.51. The number of ether oxygens (including phenoxy) is 1. The number of carbonyl (C=O) groups is 3. The van der Waals surface area contributed by atoms with Crippen molar-refractivity contribution in [3.05, 3.63) is 28.2 Å². The van der Waals surface area contributed by atoms with Crippen LogP contribution in [-0.2, 0) is 24.3 Å². The summed E-state index contributed by atoms with van der Waals surface area (Å²) in [6.45, 7) is 0.326. The van der Waals surface area contributed by atoms with Crippen molar-refractivity contribution >= 4 is 51.1 Å². The van der Waals surface area contributed by atoms with E-state index in [-0.39, 0.29) is 21.0 Å². The van der Waals surface area contributed by atoms with Crippen LogP contribution in [0.2, 0.25) is 10.0 Å². The third kappa shape index (κ3) is 7.62. The van der Waals surface area contributed by atoms with Gasteiger partial charge in [0, 0.05) is 6.04 Å². The van der Waals surface area contributed by atoms with E-state index < -0.39 is 46.7 Å². The Bertz CT molecular complexity index is 934. The van der Waals surface area contributed by atoms with Gasteiger partial charge in [-0.1, -0.05) is 36.0 Å². The number of hydrogen-bond donors (Lipinski definition) is 4. The Hall–Kier alpha value is -1.92. The standard InChI is InChI=1S/C18H23Cl2N3O7S/c1-10(24)16(23-31(28,29)12-6-7-13(19)14(20)8-12)17(26)30-9-15(25)22-18(27)21-11-4-2-3-5-11/h6-8,10-11,16,23-24H,2-5,9H2,1H3,(H2,21,22,25,27). The summed E-state index contributed by atoms with van der Waals surface area (Å²) in [5, 5.41) is 14.6. The number of aliphatic hydroxyl groups is 1. The second-order valence-corrected chi connectivity index (χ2v) is 9.55. The number of urea groups is 1. The van der Waals surface area contributed by atoms with Crippen molar-refractivity contribution in [2.75, 3.05) is 6.61 Å². The van der Waals surface area contributed by atoms with Crippen molar-refractivity contribution in [1.29, 1.82) is 0 Å². The lowest BCUT2D eigenvalue weighted by molar-refractivity contribution is -0.152. The van der Waals surface area contributed by atoms with Crippen molar-refractivity contribution in [2.24, 2.45) is 0 Å². The first kappa shape index (κ1) is 25.3. The first-order chi connectivity index (χ1) is 14.5. The van der Waals surface area contributed by atoms with Gasteiger partial charge in [0.05, 0.1) is 21.0 Å². The van der Waals surface area contributed by atoms with Crippen LogP contribution in [0.25, 0.3) is 0 Å². The molecule has 0 spiro atoms. The molecule has 0 aliphatic heterocycles. The Morgan fingerprint density at radius 3 is 2.42 bits per heavy atom. The summed E-state index contributed by atoms with van der Waals surface area (Å²) in [5.41, 5.74) is 0. The lowest BCUT2D eigenvalue weighted by atomic mass is 10.2. The van der Waals surface area contributed by atoms with Gasteiger partial charge in [-0.25, -0.2) is 13.2 Å². The Kier molecular flexibility index (Phi) is 9.07. The number of imide groups is 1. The topological polar surface area (TPSA) is 151 Å². The molecule has 1 saturated carbocycles. The van der Waals surface area contributed by atoms with Crippen molar-refractivity contribution in [3.63, 3.8) is 0 Å². The molecule has 2 atom stereocenters. The molecule has 0 heterocycles. The molecule has 0 bridgehead atoms. The van der Waals surface area contributed by atoms with Crippen LogP contribution in [-0.4, -0.2) is 56.2 Å². The summed E-state index contributed by atoms with van der Waals surface area (Å²) in [6.07, 6.45) is 2.15. The summed E-state index contributed by atoms with van der Waals surface area (Å²) in [4.78, 5) is 35.5. The zero-order chi connectivity index (χ0) is 23.2. The Morgan fingerprint density at radius 2 is 1.84 bits per heavy atom. The number of rotatable bonds is 8. The van der Waals surface area contributed by atoms with Crippen molar-refractivity contribution in [3.8, 4) is 0 Å². The Morgan fingerprint density at radius 1 is 1.19 bits per heavy atom. The van der Waals surface area contributed by atoms with E-state index in [1.807, 2.05) is 10.0 Å². The predicted octanol–water partition coefficient (Wildman–Crippen LogP) is 1.33. The summed E-state index contributed by atoms with van der Waals surface area (Å²) < 4.78 is 31.8. The fourth-order valence-electron chi connectivity index (χ4n) is 2.90. The van der Waals surface area contributed by atoms with Crippen molar-refractivity contribution in [1.82, 2.24) is 15.4 Å². The number of carbonyl (C=O) groups excluding carboxylic acids is 3. The van der Waals surface area contributed by atoms with Gasteiger partial charge in [0.25, 0.3) is 5.91 Å². The average molecular weight is 496 g/mol. The van der Waals surface area contributed by atoms with Crippen LogP contribution in [0.3, 0.4) is 0 Å². The highest BCUT2D eigenvalue weighted by Gasteiger charge is 2.31. The Labute approximate surface area is 189 Å². The smallest absolute Gasteiger partial charge is 0.327 e. The first-order valence-electron chi connectivity index (χ1n) is 9.42. The quantitative estimate of drug-likeness (QED) is 0.397. The van der Waals surface area contributed by atoms with Crippen molar-refractivity contribution in [2.45, 2.75) is 55.7 Å². The lowest BCUT2D eigenvalue weighted by Gasteiger charge is -2.20. The number of aliphatic hydroxyl groups excluding tert-OH is 1. The van der Waals surface area contributed by atoms with Gasteiger partial charge in [-0.2, -0.15) is 4.72 Å². The molecule has 0 saturated heterocycles. The molecule has 172 valence electrons. The van der Waals surface area contributed by atoms with E-state index in [1.165, 1.54) is 13.0 Å². The van der Waals surface area contributed by atoms with Gasteiger partial charge in [0.1, 0.15) is 6.04 Å². The van der Waals surface area contributed by atoms with Gasteiger partial charge in [-0.15, -0.1) is 0 Å². The number of sulfonamides is 1. The second-order valence-electron chi connectivity index (χ2n) is 7.03. The molecule has 1 aromatic carbocycles. The van der Waals surface area contributed by atoms with E-state index in [0.717, 1.165) is 37.8 Å². The van der Waals surface area contributed by atoms with Gasteiger partial charge in [0.15, 0.2) is 6.61 Å². The van der Waals surface area contributed by atoms with Gasteiger partial charge in [-0.3, -0.25) is 14.9 Å². The molecule has 1 aliphatic rings. The molecule has 4 N–H and O–H groups in total. The van der Waals surface area contributed by atoms with E-state index in [4.69, 9.17) is 27.9 Å². The third-order valence-corrected chi connectivity index (χ3v) is 6.69. The van der Waals surface area contributed by atoms with Crippen LogP contribution in [0.15, 0.2) is 23.1 Å². The highest BCUT2D eigenvalue weighted by atomic mass is 35.5. The maximum absolute atomic E-state index is 12.5. The monoisotopic (exact) mass is 495 g/mol. The summed E-state index contributed by atoms with van der Waals surface area (Å²) in [6, 6.07) is 1.07. The molecule has 2 unspecified atom stereocenters. The lowest BCUT2D eigenvalue weighted by Crippen LogP contribution is -2.49. The number of hydrogen-bond acceptors (Lipinski definition) is 7. The van der Waals surface area contributed by atoms with Crippen LogP contribution >= 0.6 is 23.2 Å².